The van der Waals surface area contributed by atoms with Gasteiger partial charge in [-0.2, -0.15) is 5.10 Å². The molecule has 5 aromatic rings. The maximum Gasteiger partial charge on any atom is 0.191 e. The second kappa shape index (κ2) is 12.3. The molecule has 10 heteroatoms. The van der Waals surface area contributed by atoms with Gasteiger partial charge in [-0.3, -0.25) is 9.67 Å². The van der Waals surface area contributed by atoms with Crippen molar-refractivity contribution >= 4 is 35.1 Å². The maximum atomic E-state index is 14.4. The van der Waals surface area contributed by atoms with Crippen LogP contribution < -0.4 is 0 Å². The summed E-state index contributed by atoms with van der Waals surface area (Å²) in [6.45, 7) is 7.13. The lowest BCUT2D eigenvalue weighted by Crippen LogP contribution is -2.27. The minimum Gasteiger partial charge on any atom is -0.305 e. The summed E-state index contributed by atoms with van der Waals surface area (Å²) in [6, 6.07) is 16.1. The Hall–Kier alpha value is -3.27. The summed E-state index contributed by atoms with van der Waals surface area (Å²) < 4.78 is 18.4. The van der Waals surface area contributed by atoms with E-state index in [0.29, 0.717) is 5.52 Å². The quantitative estimate of drug-likeness (QED) is 0.166. The number of nitrogens with zero attached hydrogens (tertiary/aromatic N) is 7. The van der Waals surface area contributed by atoms with Crippen LogP contribution in [0.5, 0.6) is 0 Å². The van der Waals surface area contributed by atoms with Crippen molar-refractivity contribution in [1.82, 2.24) is 34.4 Å². The van der Waals surface area contributed by atoms with Crippen molar-refractivity contribution in [1.29, 1.82) is 0 Å². The highest BCUT2D eigenvalue weighted by Gasteiger charge is 2.18. The normalized spacial score (nSPS) is 13.7. The van der Waals surface area contributed by atoms with Crippen molar-refractivity contribution in [2.75, 3.05) is 25.4 Å². The predicted molar refractivity (Wildman–Crippen MR) is 166 cm³/mol. The fraction of sp³-hybridized carbons (Fsp3) is 0.355. The number of rotatable bonds is 7. The summed E-state index contributed by atoms with van der Waals surface area (Å²) in [5, 5.41) is 15.0. The third kappa shape index (κ3) is 6.03. The zero-order valence-electron chi connectivity index (χ0n) is 23.9. The van der Waals surface area contributed by atoms with Gasteiger partial charge in [-0.25, -0.2) is 4.39 Å². The summed E-state index contributed by atoms with van der Waals surface area (Å²) in [5.74, 6) is 1.37. The highest BCUT2D eigenvalue weighted by molar-refractivity contribution is 7.99. The highest BCUT2D eigenvalue weighted by atomic mass is 35.5. The first-order valence-corrected chi connectivity index (χ1v) is 14.8. The van der Waals surface area contributed by atoms with Gasteiger partial charge in [0.25, 0.3) is 0 Å². The molecule has 0 bridgehead atoms. The average molecular weight is 592 g/mol. The lowest BCUT2D eigenvalue weighted by atomic mass is 9.99. The lowest BCUT2D eigenvalue weighted by molar-refractivity contribution is 0.289. The molecule has 0 unspecified atom stereocenters. The number of pyridine rings is 1. The summed E-state index contributed by atoms with van der Waals surface area (Å²) in [4.78, 5) is 6.98. The fourth-order valence-corrected chi connectivity index (χ4v) is 6.47. The van der Waals surface area contributed by atoms with Crippen molar-refractivity contribution < 1.29 is 4.39 Å². The Bertz CT molecular complexity index is 1700. The second-order valence-corrected chi connectivity index (χ2v) is 11.7. The van der Waals surface area contributed by atoms with E-state index in [1.807, 2.05) is 49.3 Å². The third-order valence-electron chi connectivity index (χ3n) is 7.77. The van der Waals surface area contributed by atoms with E-state index in [0.717, 1.165) is 78.0 Å². The lowest BCUT2D eigenvalue weighted by Gasteiger charge is -2.19. The molecule has 0 atom stereocenters. The molecule has 1 aliphatic rings. The first kappa shape index (κ1) is 29.2. The standard InChI is InChI=1S/C31H34FN7S.ClH/c1-20-6-9-25-26(10-11-27(32)29(25)33-20)30-34-35-31(37(30)3)40-17-5-14-39-15-12-22-7-8-24(19-23(22)13-16-39)28-18-21(2)36-38(28)4;/h6-11,18-19H,5,12-17H2,1-4H3;1H. The van der Waals surface area contributed by atoms with E-state index in [1.165, 1.54) is 28.5 Å². The SMILES string of the molecule is Cc1ccc2c(-c3nnc(SCCCN4CCc5ccc(-c6cc(C)nn6C)cc5CC4)n3C)ccc(F)c2n1.Cl. The van der Waals surface area contributed by atoms with Crippen LogP contribution in [-0.4, -0.2) is 59.8 Å². The Morgan fingerprint density at radius 3 is 2.49 bits per heavy atom. The molecular weight excluding hydrogens is 557 g/mol. The Morgan fingerprint density at radius 1 is 0.902 bits per heavy atom. The molecule has 3 aromatic heterocycles. The topological polar surface area (TPSA) is 64.7 Å². The number of halogens is 2. The monoisotopic (exact) mass is 591 g/mol. The Kier molecular flexibility index (Phi) is 8.77. The minimum atomic E-state index is -0.320. The first-order valence-electron chi connectivity index (χ1n) is 13.8. The number of aryl methyl sites for hydroxylation is 3. The van der Waals surface area contributed by atoms with Crippen molar-refractivity contribution in [3.8, 4) is 22.6 Å². The molecule has 1 aliphatic heterocycles. The molecule has 6 rings (SSSR count). The van der Waals surface area contributed by atoms with E-state index in [4.69, 9.17) is 0 Å². The first-order chi connectivity index (χ1) is 19.4. The fourth-order valence-electron chi connectivity index (χ4n) is 5.64. The zero-order chi connectivity index (χ0) is 27.8. The number of hydrogen-bond donors (Lipinski definition) is 0. The van der Waals surface area contributed by atoms with Gasteiger partial charge in [-0.1, -0.05) is 30.0 Å². The molecule has 0 N–H and O–H groups in total. The Morgan fingerprint density at radius 2 is 1.71 bits per heavy atom. The van der Waals surface area contributed by atoms with E-state index < -0.39 is 0 Å². The Balaban J connectivity index is 0.00000337. The molecule has 7 nitrogen and oxygen atoms in total. The maximum absolute atomic E-state index is 14.4. The zero-order valence-corrected chi connectivity index (χ0v) is 25.5. The number of fused-ring (bicyclic) bond motifs is 2. The van der Waals surface area contributed by atoms with Crippen LogP contribution in [0.25, 0.3) is 33.5 Å². The number of hydrogen-bond acceptors (Lipinski definition) is 6. The predicted octanol–water partition coefficient (Wildman–Crippen LogP) is 6.19. The Labute approximate surface area is 250 Å². The van der Waals surface area contributed by atoms with Gasteiger partial charge in [0.15, 0.2) is 11.0 Å². The van der Waals surface area contributed by atoms with Gasteiger partial charge in [-0.15, -0.1) is 22.6 Å². The summed E-state index contributed by atoms with van der Waals surface area (Å²) in [5.41, 5.74) is 8.39. The molecule has 214 valence electrons. The van der Waals surface area contributed by atoms with Crippen LogP contribution in [0.4, 0.5) is 4.39 Å². The van der Waals surface area contributed by atoms with Gasteiger partial charge < -0.3 is 9.47 Å². The minimum absolute atomic E-state index is 0. The van der Waals surface area contributed by atoms with Crippen LogP contribution in [-0.2, 0) is 26.9 Å². The van der Waals surface area contributed by atoms with Crippen molar-refractivity contribution in [3.05, 3.63) is 76.9 Å². The molecule has 0 spiro atoms. The van der Waals surface area contributed by atoms with E-state index >= 15 is 0 Å². The van der Waals surface area contributed by atoms with E-state index in [2.05, 4.69) is 49.4 Å². The third-order valence-corrected chi connectivity index (χ3v) is 8.88. The van der Waals surface area contributed by atoms with Crippen LogP contribution >= 0.6 is 24.2 Å². The van der Waals surface area contributed by atoms with Crippen LogP contribution in [0.1, 0.15) is 28.9 Å². The number of thioether (sulfide) groups is 1. The molecule has 41 heavy (non-hydrogen) atoms. The van der Waals surface area contributed by atoms with Gasteiger partial charge in [0.1, 0.15) is 11.3 Å². The van der Waals surface area contributed by atoms with Crippen LogP contribution in [0.15, 0.2) is 53.7 Å². The number of benzene rings is 2. The van der Waals surface area contributed by atoms with Gasteiger partial charge in [0.2, 0.25) is 0 Å². The van der Waals surface area contributed by atoms with E-state index in [-0.39, 0.29) is 18.2 Å². The van der Waals surface area contributed by atoms with Gasteiger partial charge in [0.05, 0.1) is 11.4 Å². The molecule has 2 aromatic carbocycles. The summed E-state index contributed by atoms with van der Waals surface area (Å²) >= 11 is 1.72. The van der Waals surface area contributed by atoms with E-state index in [1.54, 1.807) is 17.8 Å². The van der Waals surface area contributed by atoms with Gasteiger partial charge in [0, 0.05) is 55.1 Å². The summed E-state index contributed by atoms with van der Waals surface area (Å²) in [6.07, 6.45) is 3.23. The van der Waals surface area contributed by atoms with Crippen molar-refractivity contribution in [2.45, 2.75) is 38.3 Å². The average Bonchev–Trinajstić information content (AvgIpc) is 3.40. The molecule has 0 radical (unpaired) electrons. The molecular formula is C31H35ClFN7S. The number of aromatic nitrogens is 6. The van der Waals surface area contributed by atoms with Crippen LogP contribution in [0, 0.1) is 19.7 Å². The molecule has 0 saturated carbocycles. The van der Waals surface area contributed by atoms with Gasteiger partial charge in [-0.05, 0) is 81.1 Å². The van der Waals surface area contributed by atoms with Crippen molar-refractivity contribution in [3.63, 3.8) is 0 Å². The highest BCUT2D eigenvalue weighted by Crippen LogP contribution is 2.31. The summed E-state index contributed by atoms with van der Waals surface area (Å²) in [7, 11) is 3.99. The van der Waals surface area contributed by atoms with Gasteiger partial charge >= 0.3 is 0 Å². The molecule has 0 amide bonds. The smallest absolute Gasteiger partial charge is 0.191 e. The second-order valence-electron chi connectivity index (χ2n) is 10.6. The molecule has 4 heterocycles. The molecule has 0 fully saturated rings. The van der Waals surface area contributed by atoms with Crippen LogP contribution in [0.2, 0.25) is 0 Å². The largest absolute Gasteiger partial charge is 0.305 e. The van der Waals surface area contributed by atoms with Crippen LogP contribution in [0.3, 0.4) is 0 Å². The van der Waals surface area contributed by atoms with E-state index in [9.17, 15) is 4.39 Å². The van der Waals surface area contributed by atoms with Crippen molar-refractivity contribution in [2.24, 2.45) is 14.1 Å². The molecule has 0 aliphatic carbocycles. The molecule has 0 saturated heterocycles.